The fraction of sp³-hybridized carbons (Fsp3) is 0.240. The van der Waals surface area contributed by atoms with Gasteiger partial charge in [0.1, 0.15) is 11.5 Å². The number of benzene rings is 3. The number of nitrogens with one attached hydrogen (secondary N) is 1. The minimum atomic E-state index is -0.154. The minimum absolute atomic E-state index is 0.139. The molecule has 0 saturated heterocycles. The molecule has 4 rings (SSSR count). The van der Waals surface area contributed by atoms with E-state index < -0.39 is 0 Å². The molecule has 30 heavy (non-hydrogen) atoms. The molecule has 0 unspecified atom stereocenters. The minimum Gasteiger partial charge on any atom is -0.497 e. The summed E-state index contributed by atoms with van der Waals surface area (Å²) in [7, 11) is 3.18. The number of urea groups is 1. The van der Waals surface area contributed by atoms with Crippen molar-refractivity contribution in [2.75, 3.05) is 26.1 Å². The molecule has 2 amide bonds. The van der Waals surface area contributed by atoms with Crippen molar-refractivity contribution < 1.29 is 14.3 Å². The Morgan fingerprint density at radius 1 is 1.00 bits per heavy atom. The van der Waals surface area contributed by atoms with Gasteiger partial charge in [0.2, 0.25) is 0 Å². The second-order valence-electron chi connectivity index (χ2n) is 7.45. The second-order valence-corrected chi connectivity index (χ2v) is 7.45. The van der Waals surface area contributed by atoms with Crippen LogP contribution in [0.25, 0.3) is 0 Å². The van der Waals surface area contributed by atoms with Crippen LogP contribution in [0.2, 0.25) is 0 Å². The molecule has 1 atom stereocenters. The largest absolute Gasteiger partial charge is 0.497 e. The first kappa shape index (κ1) is 19.8. The van der Waals surface area contributed by atoms with E-state index in [9.17, 15) is 4.79 Å². The van der Waals surface area contributed by atoms with Gasteiger partial charge < -0.3 is 19.7 Å². The Kier molecular flexibility index (Phi) is 5.61. The van der Waals surface area contributed by atoms with E-state index >= 15 is 0 Å². The number of carbonyl (C=O) groups is 1. The van der Waals surface area contributed by atoms with E-state index in [0.29, 0.717) is 23.7 Å². The standard InChI is InChI=1S/C25H26N2O3/c1-17-8-10-19(11-9-17)24-21-7-5-4-6-18(21)14-15-27(24)25(28)26-22-13-12-20(29-2)16-23(22)30-3/h4-13,16,24H,14-15H2,1-3H3,(H,26,28)/t24-/m0/s1. The summed E-state index contributed by atoms with van der Waals surface area (Å²) in [5, 5.41) is 3.03. The van der Waals surface area contributed by atoms with Gasteiger partial charge in [-0.2, -0.15) is 0 Å². The van der Waals surface area contributed by atoms with Gasteiger partial charge >= 0.3 is 6.03 Å². The molecule has 0 radical (unpaired) electrons. The monoisotopic (exact) mass is 402 g/mol. The molecular weight excluding hydrogens is 376 g/mol. The molecule has 0 spiro atoms. The number of hydrogen-bond acceptors (Lipinski definition) is 3. The molecule has 1 aliphatic heterocycles. The molecule has 0 bridgehead atoms. The smallest absolute Gasteiger partial charge is 0.322 e. The highest BCUT2D eigenvalue weighted by atomic mass is 16.5. The Morgan fingerprint density at radius 2 is 1.77 bits per heavy atom. The van der Waals surface area contributed by atoms with Gasteiger partial charge in [0.25, 0.3) is 0 Å². The maximum absolute atomic E-state index is 13.4. The van der Waals surface area contributed by atoms with Gasteiger partial charge in [0.05, 0.1) is 25.9 Å². The van der Waals surface area contributed by atoms with E-state index in [-0.39, 0.29) is 12.1 Å². The van der Waals surface area contributed by atoms with Crippen molar-refractivity contribution in [2.45, 2.75) is 19.4 Å². The van der Waals surface area contributed by atoms with E-state index in [0.717, 1.165) is 12.0 Å². The van der Waals surface area contributed by atoms with E-state index in [1.165, 1.54) is 16.7 Å². The number of ether oxygens (including phenoxy) is 2. The van der Waals surface area contributed by atoms with Gasteiger partial charge in [-0.25, -0.2) is 4.79 Å². The zero-order valence-corrected chi connectivity index (χ0v) is 17.5. The fourth-order valence-electron chi connectivity index (χ4n) is 3.98. The summed E-state index contributed by atoms with van der Waals surface area (Å²) in [5.41, 5.74) is 5.37. The number of rotatable bonds is 4. The van der Waals surface area contributed by atoms with Crippen molar-refractivity contribution in [3.63, 3.8) is 0 Å². The average molecular weight is 402 g/mol. The molecule has 0 fully saturated rings. The SMILES string of the molecule is COc1ccc(NC(=O)N2CCc3ccccc3[C@@H]2c2ccc(C)cc2)c(OC)c1. The molecule has 5 nitrogen and oxygen atoms in total. The molecule has 154 valence electrons. The lowest BCUT2D eigenvalue weighted by atomic mass is 9.88. The third-order valence-electron chi connectivity index (χ3n) is 5.59. The van der Waals surface area contributed by atoms with Gasteiger partial charge in [-0.05, 0) is 42.2 Å². The Bertz CT molecular complexity index is 1050. The predicted octanol–water partition coefficient (Wildman–Crippen LogP) is 5.19. The van der Waals surface area contributed by atoms with Crippen LogP contribution in [0.1, 0.15) is 28.3 Å². The summed E-state index contributed by atoms with van der Waals surface area (Å²) in [6.45, 7) is 2.71. The predicted molar refractivity (Wildman–Crippen MR) is 118 cm³/mol. The maximum Gasteiger partial charge on any atom is 0.322 e. The number of amides is 2. The highest BCUT2D eigenvalue weighted by Gasteiger charge is 2.32. The maximum atomic E-state index is 13.4. The highest BCUT2D eigenvalue weighted by Crippen LogP contribution is 2.36. The van der Waals surface area contributed by atoms with E-state index in [2.05, 4.69) is 54.7 Å². The molecule has 1 aliphatic rings. The first-order valence-electron chi connectivity index (χ1n) is 10.0. The van der Waals surface area contributed by atoms with Crippen LogP contribution in [0, 0.1) is 6.92 Å². The van der Waals surface area contributed by atoms with Crippen LogP contribution in [-0.2, 0) is 6.42 Å². The molecule has 1 N–H and O–H groups in total. The first-order chi connectivity index (χ1) is 14.6. The molecule has 0 aromatic heterocycles. The zero-order chi connectivity index (χ0) is 21.1. The lowest BCUT2D eigenvalue weighted by Gasteiger charge is -2.37. The van der Waals surface area contributed by atoms with Crippen molar-refractivity contribution in [3.05, 3.63) is 89.0 Å². The summed E-state index contributed by atoms with van der Waals surface area (Å²) >= 11 is 0. The number of carbonyl (C=O) groups excluding carboxylic acids is 1. The van der Waals surface area contributed by atoms with Crippen LogP contribution in [0.4, 0.5) is 10.5 Å². The van der Waals surface area contributed by atoms with E-state index in [4.69, 9.17) is 9.47 Å². The lowest BCUT2D eigenvalue weighted by Crippen LogP contribution is -2.43. The van der Waals surface area contributed by atoms with Gasteiger partial charge in [-0.15, -0.1) is 0 Å². The molecular formula is C25H26N2O3. The summed E-state index contributed by atoms with van der Waals surface area (Å²) < 4.78 is 10.7. The topological polar surface area (TPSA) is 50.8 Å². The van der Waals surface area contributed by atoms with Crippen LogP contribution in [0.15, 0.2) is 66.7 Å². The number of fused-ring (bicyclic) bond motifs is 1. The Balaban J connectivity index is 1.68. The lowest BCUT2D eigenvalue weighted by molar-refractivity contribution is 0.194. The van der Waals surface area contributed by atoms with E-state index in [1.54, 1.807) is 32.4 Å². The molecule has 5 heteroatoms. The molecule has 0 saturated carbocycles. The van der Waals surface area contributed by atoms with Crippen LogP contribution in [0.3, 0.4) is 0 Å². The summed E-state index contributed by atoms with van der Waals surface area (Å²) in [4.78, 5) is 15.3. The first-order valence-corrected chi connectivity index (χ1v) is 10.0. The molecule has 3 aromatic rings. The number of hydrogen-bond donors (Lipinski definition) is 1. The summed E-state index contributed by atoms with van der Waals surface area (Å²) in [5.74, 6) is 1.24. The Morgan fingerprint density at radius 3 is 2.50 bits per heavy atom. The molecule has 1 heterocycles. The van der Waals surface area contributed by atoms with Gasteiger partial charge in [-0.1, -0.05) is 54.1 Å². The van der Waals surface area contributed by atoms with Gasteiger partial charge in [-0.3, -0.25) is 0 Å². The van der Waals surface area contributed by atoms with Gasteiger partial charge in [0, 0.05) is 12.6 Å². The van der Waals surface area contributed by atoms with Crippen molar-refractivity contribution in [2.24, 2.45) is 0 Å². The van der Waals surface area contributed by atoms with Crippen molar-refractivity contribution in [3.8, 4) is 11.5 Å². The highest BCUT2D eigenvalue weighted by molar-refractivity contribution is 5.92. The Hall–Kier alpha value is -3.47. The quantitative estimate of drug-likeness (QED) is 0.653. The van der Waals surface area contributed by atoms with Crippen LogP contribution in [-0.4, -0.2) is 31.7 Å². The third kappa shape index (κ3) is 3.83. The van der Waals surface area contributed by atoms with Gasteiger partial charge in [0.15, 0.2) is 0 Å². The van der Waals surface area contributed by atoms with E-state index in [1.807, 2.05) is 11.0 Å². The number of methoxy groups -OCH3 is 2. The second kappa shape index (κ2) is 8.49. The van der Waals surface area contributed by atoms with Crippen LogP contribution in [0.5, 0.6) is 11.5 Å². The molecule has 0 aliphatic carbocycles. The van der Waals surface area contributed by atoms with Crippen molar-refractivity contribution in [1.82, 2.24) is 4.90 Å². The normalized spacial score (nSPS) is 15.3. The number of aryl methyl sites for hydroxylation is 1. The fourth-order valence-corrected chi connectivity index (χ4v) is 3.98. The zero-order valence-electron chi connectivity index (χ0n) is 17.5. The molecule has 3 aromatic carbocycles. The average Bonchev–Trinajstić information content (AvgIpc) is 2.79. The third-order valence-corrected chi connectivity index (χ3v) is 5.59. The summed E-state index contributed by atoms with van der Waals surface area (Å²) in [6.07, 6.45) is 0.825. The van der Waals surface area contributed by atoms with Crippen LogP contribution >= 0.6 is 0 Å². The summed E-state index contributed by atoms with van der Waals surface area (Å²) in [6, 6.07) is 21.8. The number of anilines is 1. The van der Waals surface area contributed by atoms with Crippen LogP contribution < -0.4 is 14.8 Å². The van der Waals surface area contributed by atoms with Crippen molar-refractivity contribution in [1.29, 1.82) is 0 Å². The number of nitrogens with zero attached hydrogens (tertiary/aromatic N) is 1. The van der Waals surface area contributed by atoms with Crippen molar-refractivity contribution >= 4 is 11.7 Å². The Labute approximate surface area is 177 Å².